The summed E-state index contributed by atoms with van der Waals surface area (Å²) in [6.45, 7) is 13.3. The molecule has 6 nitrogen and oxygen atoms in total. The molecule has 0 radical (unpaired) electrons. The molecule has 0 unspecified atom stereocenters. The van der Waals surface area contributed by atoms with Crippen LogP contribution < -0.4 is 9.80 Å². The van der Waals surface area contributed by atoms with Gasteiger partial charge in [0, 0.05) is 39.3 Å². The molecule has 0 fully saturated rings. The molecule has 0 aromatic heterocycles. The van der Waals surface area contributed by atoms with E-state index < -0.39 is 11.1 Å². The third-order valence-electron chi connectivity index (χ3n) is 14.3. The first kappa shape index (κ1) is 36.5. The number of benzene rings is 6. The van der Waals surface area contributed by atoms with Gasteiger partial charge in [-0.1, -0.05) is 103 Å². The summed E-state index contributed by atoms with van der Waals surface area (Å²) in [5.74, 6) is 0. The quantitative estimate of drug-likeness (QED) is 0.142. The molecule has 8 bridgehead atoms. The average molecular weight is 966 g/mol. The smallest absolute Gasteiger partial charge is 0.498 e. The van der Waals surface area contributed by atoms with Crippen molar-refractivity contribution < 1.29 is 21.1 Å². The molecule has 2 spiro atoms. The third-order valence-corrected chi connectivity index (χ3v) is 14.3. The summed E-state index contributed by atoms with van der Waals surface area (Å²) in [6, 6.07) is 54.0. The maximum Gasteiger partial charge on any atom is 4.00 e. The van der Waals surface area contributed by atoms with E-state index in [9.17, 15) is 5.26 Å². The molecule has 6 aromatic rings. The minimum atomic E-state index is -0.911. The summed E-state index contributed by atoms with van der Waals surface area (Å²) in [5.41, 5.74) is 17.6. The van der Waals surface area contributed by atoms with Gasteiger partial charge in [-0.05, 0) is 84.7 Å². The van der Waals surface area contributed by atoms with Crippen molar-refractivity contribution in [2.45, 2.75) is 62.4 Å². The van der Waals surface area contributed by atoms with Crippen molar-refractivity contribution in [3.63, 3.8) is 0 Å². The molecule has 0 amide bonds. The van der Waals surface area contributed by atoms with Crippen molar-refractivity contribution in [1.29, 1.82) is 5.26 Å². The van der Waals surface area contributed by atoms with Gasteiger partial charge in [-0.25, -0.2) is 0 Å². The Morgan fingerprint density at radius 1 is 0.557 bits per heavy atom. The van der Waals surface area contributed by atoms with Gasteiger partial charge < -0.3 is 19.6 Å². The summed E-state index contributed by atoms with van der Waals surface area (Å²) >= 11 is 0. The Kier molecular flexibility index (Phi) is 7.98. The van der Waals surface area contributed by atoms with Gasteiger partial charge >= 0.3 is 21.1 Å². The van der Waals surface area contributed by atoms with E-state index in [4.69, 9.17) is 6.57 Å². The Morgan fingerprint density at radius 3 is 1.48 bits per heavy atom. The van der Waals surface area contributed by atoms with Crippen LogP contribution in [0.5, 0.6) is 0 Å². The molecule has 6 aromatic carbocycles. The fourth-order valence-electron chi connectivity index (χ4n) is 11.9. The molecular formula is C54H38N6Pt. The normalized spacial score (nSPS) is 19.0. The van der Waals surface area contributed by atoms with Crippen molar-refractivity contribution in [3.05, 3.63) is 220 Å². The summed E-state index contributed by atoms with van der Waals surface area (Å²) in [6.07, 6.45) is 8.11. The largest absolute Gasteiger partial charge is 4.00 e. The van der Waals surface area contributed by atoms with E-state index in [1.54, 1.807) is 0 Å². The van der Waals surface area contributed by atoms with Gasteiger partial charge in [0.25, 0.3) is 0 Å². The molecule has 3 aliphatic heterocycles. The van der Waals surface area contributed by atoms with Crippen LogP contribution in [0, 0.1) is 43.4 Å². The van der Waals surface area contributed by atoms with E-state index in [0.717, 1.165) is 96.1 Å². The minimum absolute atomic E-state index is 0. The second-order valence-electron chi connectivity index (χ2n) is 17.0. The molecular weight excluding hydrogens is 928 g/mol. The van der Waals surface area contributed by atoms with E-state index in [2.05, 4.69) is 153 Å². The second kappa shape index (κ2) is 13.3. The van der Waals surface area contributed by atoms with E-state index in [1.165, 1.54) is 45.0 Å². The number of hydrogen-bond donors (Lipinski definition) is 0. The Bertz CT molecular complexity index is 2830. The van der Waals surface area contributed by atoms with Gasteiger partial charge in [-0.15, -0.1) is 48.5 Å². The SMILES string of the molecule is [C-]#[N+]c1cc2[c-]c(c1)C1(c3[c-]c(cc(C#N)c3)N3[CH-]N(C4=C3CCCC4)C3(c4ccccc4-c4ccccc43)N3[CH-]N2C2=C3CCCC2)c2ccccc2-c2ccccc21.[Pt+4]. The summed E-state index contributed by atoms with van der Waals surface area (Å²) in [5, 5.41) is 10.9. The van der Waals surface area contributed by atoms with Gasteiger partial charge in [-0.2, -0.15) is 29.0 Å². The van der Waals surface area contributed by atoms with E-state index in [-0.39, 0.29) is 21.1 Å². The van der Waals surface area contributed by atoms with Gasteiger partial charge in [0.1, 0.15) is 5.66 Å². The number of nitrogens with zero attached hydrogens (tertiary/aromatic N) is 6. The fraction of sp³-hybridized carbons (Fsp3) is 0.185. The molecule has 61 heavy (non-hydrogen) atoms. The topological polar surface area (TPSA) is 41.1 Å². The van der Waals surface area contributed by atoms with Crippen LogP contribution in [0.25, 0.3) is 27.1 Å². The maximum absolute atomic E-state index is 10.9. The summed E-state index contributed by atoms with van der Waals surface area (Å²) in [4.78, 5) is 14.1. The molecule has 0 atom stereocenters. The van der Waals surface area contributed by atoms with E-state index in [0.29, 0.717) is 11.3 Å². The van der Waals surface area contributed by atoms with Crippen LogP contribution in [0.2, 0.25) is 0 Å². The number of fused-ring (bicyclic) bond motifs is 28. The molecule has 4 aliphatic carbocycles. The zero-order valence-corrected chi connectivity index (χ0v) is 35.6. The minimum Gasteiger partial charge on any atom is -0.498 e. The van der Waals surface area contributed by atoms with E-state index in [1.807, 2.05) is 24.3 Å². The van der Waals surface area contributed by atoms with Crippen LogP contribution in [0.3, 0.4) is 0 Å². The van der Waals surface area contributed by atoms with Gasteiger partial charge in [0.2, 0.25) is 0 Å². The second-order valence-corrected chi connectivity index (χ2v) is 17.0. The zero-order valence-electron chi connectivity index (χ0n) is 33.4. The van der Waals surface area contributed by atoms with Gasteiger partial charge in [0.05, 0.1) is 18.3 Å². The number of anilines is 2. The zero-order chi connectivity index (χ0) is 39.7. The van der Waals surface area contributed by atoms with Crippen LogP contribution in [-0.2, 0) is 32.1 Å². The van der Waals surface area contributed by atoms with Crippen LogP contribution in [0.1, 0.15) is 90.3 Å². The van der Waals surface area contributed by atoms with Gasteiger partial charge in [-0.3, -0.25) is 4.85 Å². The molecule has 294 valence electrons. The first-order chi connectivity index (χ1) is 29.6. The van der Waals surface area contributed by atoms with Crippen LogP contribution in [0.4, 0.5) is 17.1 Å². The Balaban J connectivity index is 0.00000399. The van der Waals surface area contributed by atoms with Gasteiger partial charge in [0.15, 0.2) is 0 Å². The molecule has 0 saturated carbocycles. The first-order valence-electron chi connectivity index (χ1n) is 21.3. The standard InChI is InChI=1S/C54H38N6.Pt/c1-56-38-28-37-30-40(31-38)58-34-60(52-25-13-11-23-50(52)58)54(47-20-8-4-16-43(47)44-17-5-9-21-48(44)54)59-33-57(49-22-10-12-24-51(49)59)39-27-35(32-55)26-36(29-39)53(37)45-18-6-2-14-41(45)42-15-3-7-19-46(42)53;/h2-9,14-21,26-28,31,33-34H,10-13,22-25H2;/q-4;+4. The molecule has 13 rings (SSSR count). The van der Waals surface area contributed by atoms with E-state index >= 15 is 0 Å². The number of nitriles is 1. The van der Waals surface area contributed by atoms with Crippen molar-refractivity contribution in [1.82, 2.24) is 9.80 Å². The number of allylic oxidation sites excluding steroid dienone is 4. The predicted molar refractivity (Wildman–Crippen MR) is 233 cm³/mol. The van der Waals surface area contributed by atoms with Crippen LogP contribution in [0.15, 0.2) is 144 Å². The van der Waals surface area contributed by atoms with Crippen molar-refractivity contribution in [2.24, 2.45) is 0 Å². The third kappa shape index (κ3) is 4.64. The fourth-order valence-corrected chi connectivity index (χ4v) is 11.9. The van der Waals surface area contributed by atoms with Crippen LogP contribution in [-0.4, -0.2) is 9.80 Å². The molecule has 7 heteroatoms. The molecule has 0 N–H and O–H groups in total. The monoisotopic (exact) mass is 965 g/mol. The Morgan fingerprint density at radius 2 is 0.984 bits per heavy atom. The Hall–Kier alpha value is -6.33. The molecule has 0 saturated heterocycles. The number of rotatable bonds is 0. The summed E-state index contributed by atoms with van der Waals surface area (Å²) in [7, 11) is 0. The van der Waals surface area contributed by atoms with Crippen molar-refractivity contribution in [3.8, 4) is 28.3 Å². The average Bonchev–Trinajstić information content (AvgIpc) is 4.05. The predicted octanol–water partition coefficient (Wildman–Crippen LogP) is 12.0. The first-order valence-corrected chi connectivity index (χ1v) is 21.3. The van der Waals surface area contributed by atoms with Crippen molar-refractivity contribution in [2.75, 3.05) is 9.80 Å². The molecule has 7 aliphatic rings. The maximum atomic E-state index is 10.9. The Labute approximate surface area is 371 Å². The van der Waals surface area contributed by atoms with Crippen LogP contribution >= 0.6 is 0 Å². The summed E-state index contributed by atoms with van der Waals surface area (Å²) < 4.78 is 0. The van der Waals surface area contributed by atoms with Crippen molar-refractivity contribution >= 4 is 17.1 Å². The number of hydrogen-bond acceptors (Lipinski definition) is 5. The molecule has 3 heterocycles.